The highest BCUT2D eigenvalue weighted by molar-refractivity contribution is 5.92. The maximum atomic E-state index is 12.1. The molecule has 0 bridgehead atoms. The van der Waals surface area contributed by atoms with Gasteiger partial charge in [0.15, 0.2) is 0 Å². The van der Waals surface area contributed by atoms with E-state index in [9.17, 15) is 9.59 Å². The lowest BCUT2D eigenvalue weighted by molar-refractivity contribution is -0.0587. The Balaban J connectivity index is 2.14. The number of morpholine rings is 1. The lowest BCUT2D eigenvalue weighted by atomic mass is 10.2. The molecule has 2 atom stereocenters. The number of nitrogens with zero attached hydrogens (tertiary/aromatic N) is 2. The fourth-order valence-corrected chi connectivity index (χ4v) is 1.97. The summed E-state index contributed by atoms with van der Waals surface area (Å²) in [6.45, 7) is 4.94. The molecule has 0 unspecified atom stereocenters. The number of hydrogen-bond donors (Lipinski definition) is 1. The third-order valence-electron chi connectivity index (χ3n) is 2.61. The minimum Gasteiger partial charge on any atom is -0.372 e. The molecule has 6 nitrogen and oxygen atoms in total. The van der Waals surface area contributed by atoms with Crippen LogP contribution in [0.1, 0.15) is 24.3 Å². The summed E-state index contributed by atoms with van der Waals surface area (Å²) in [6.07, 6.45) is 0.0379. The first kappa shape index (κ1) is 11.8. The molecule has 0 radical (unpaired) electrons. The molecule has 0 spiro atoms. The molecule has 1 N–H and O–H groups in total. The number of carbonyl (C=O) groups excluding carboxylic acids is 1. The van der Waals surface area contributed by atoms with Gasteiger partial charge < -0.3 is 9.64 Å². The van der Waals surface area contributed by atoms with Gasteiger partial charge in [0.1, 0.15) is 5.69 Å². The van der Waals surface area contributed by atoms with Crippen molar-refractivity contribution in [2.75, 3.05) is 13.1 Å². The van der Waals surface area contributed by atoms with Crippen molar-refractivity contribution in [3.05, 3.63) is 28.2 Å². The molecule has 0 aromatic carbocycles. The smallest absolute Gasteiger partial charge is 0.274 e. The number of aromatic amines is 1. The molecule has 2 heterocycles. The van der Waals surface area contributed by atoms with Crippen molar-refractivity contribution in [2.45, 2.75) is 26.1 Å². The van der Waals surface area contributed by atoms with Gasteiger partial charge in [-0.3, -0.25) is 9.59 Å². The molecule has 0 saturated carbocycles. The fraction of sp³-hybridized carbons (Fsp3) is 0.545. The van der Waals surface area contributed by atoms with E-state index < -0.39 is 0 Å². The zero-order valence-corrected chi connectivity index (χ0v) is 9.84. The number of nitrogens with one attached hydrogen (secondary N) is 1. The highest BCUT2D eigenvalue weighted by Gasteiger charge is 2.27. The van der Waals surface area contributed by atoms with E-state index in [4.69, 9.17) is 4.74 Å². The SMILES string of the molecule is C[C@@H]1CN(C(=O)c2ccc(=O)[nH]n2)C[C@H](C)O1. The molecule has 17 heavy (non-hydrogen) atoms. The minimum atomic E-state index is -0.315. The number of H-pyrrole nitrogens is 1. The van der Waals surface area contributed by atoms with Gasteiger partial charge in [-0.25, -0.2) is 5.10 Å². The first-order valence-corrected chi connectivity index (χ1v) is 5.56. The van der Waals surface area contributed by atoms with Crippen LogP contribution in [0.2, 0.25) is 0 Å². The van der Waals surface area contributed by atoms with Gasteiger partial charge in [0.25, 0.3) is 11.5 Å². The summed E-state index contributed by atoms with van der Waals surface area (Å²) in [5.41, 5.74) is -0.0591. The third kappa shape index (κ3) is 2.71. The molecular formula is C11H15N3O3. The average molecular weight is 237 g/mol. The number of aromatic nitrogens is 2. The predicted molar refractivity (Wildman–Crippen MR) is 60.8 cm³/mol. The quantitative estimate of drug-likeness (QED) is 0.747. The van der Waals surface area contributed by atoms with Gasteiger partial charge in [-0.15, -0.1) is 0 Å². The first-order chi connectivity index (χ1) is 8.06. The van der Waals surface area contributed by atoms with Gasteiger partial charge >= 0.3 is 0 Å². The molecule has 2 rings (SSSR count). The second kappa shape index (κ2) is 4.67. The van der Waals surface area contributed by atoms with Crippen molar-refractivity contribution in [1.82, 2.24) is 15.1 Å². The third-order valence-corrected chi connectivity index (χ3v) is 2.61. The largest absolute Gasteiger partial charge is 0.372 e. The molecule has 1 amide bonds. The monoisotopic (exact) mass is 237 g/mol. The highest BCUT2D eigenvalue weighted by atomic mass is 16.5. The van der Waals surface area contributed by atoms with Crippen molar-refractivity contribution in [3.63, 3.8) is 0 Å². The van der Waals surface area contributed by atoms with E-state index in [2.05, 4.69) is 10.2 Å². The van der Waals surface area contributed by atoms with Crippen LogP contribution < -0.4 is 5.56 Å². The molecule has 1 saturated heterocycles. The van der Waals surface area contributed by atoms with Crippen molar-refractivity contribution < 1.29 is 9.53 Å². The van der Waals surface area contributed by atoms with Crippen LogP contribution in [0, 0.1) is 0 Å². The van der Waals surface area contributed by atoms with Crippen LogP contribution in [0.3, 0.4) is 0 Å². The molecule has 1 aromatic rings. The molecule has 1 aromatic heterocycles. The van der Waals surface area contributed by atoms with E-state index in [1.165, 1.54) is 12.1 Å². The maximum Gasteiger partial charge on any atom is 0.274 e. The normalized spacial score (nSPS) is 24.7. The number of ether oxygens (including phenoxy) is 1. The molecule has 0 aliphatic carbocycles. The summed E-state index contributed by atoms with van der Waals surface area (Å²) in [6, 6.07) is 2.74. The van der Waals surface area contributed by atoms with Crippen molar-refractivity contribution in [2.24, 2.45) is 0 Å². The Morgan fingerprint density at radius 1 is 1.41 bits per heavy atom. The minimum absolute atomic E-state index is 0.0189. The van der Waals surface area contributed by atoms with Crippen LogP contribution in [0.5, 0.6) is 0 Å². The number of rotatable bonds is 1. The zero-order chi connectivity index (χ0) is 12.4. The van der Waals surface area contributed by atoms with Crippen LogP contribution in [0.4, 0.5) is 0 Å². The van der Waals surface area contributed by atoms with Crippen LogP contribution in [-0.4, -0.2) is 46.3 Å². The lowest BCUT2D eigenvalue weighted by Crippen LogP contribution is -2.48. The summed E-state index contributed by atoms with van der Waals surface area (Å²) >= 11 is 0. The summed E-state index contributed by atoms with van der Waals surface area (Å²) in [5, 5.41) is 5.99. The Bertz CT molecular complexity index is 441. The van der Waals surface area contributed by atoms with E-state index in [-0.39, 0.29) is 29.4 Å². The van der Waals surface area contributed by atoms with Crippen LogP contribution in [0.15, 0.2) is 16.9 Å². The zero-order valence-electron chi connectivity index (χ0n) is 9.84. The van der Waals surface area contributed by atoms with Crippen LogP contribution in [0.25, 0.3) is 0 Å². The summed E-state index contributed by atoms with van der Waals surface area (Å²) < 4.78 is 5.55. The van der Waals surface area contributed by atoms with Gasteiger partial charge in [-0.1, -0.05) is 0 Å². The van der Waals surface area contributed by atoms with E-state index >= 15 is 0 Å². The van der Waals surface area contributed by atoms with E-state index in [1.807, 2.05) is 13.8 Å². The summed E-state index contributed by atoms with van der Waals surface area (Å²) in [7, 11) is 0. The fourth-order valence-electron chi connectivity index (χ4n) is 1.97. The van der Waals surface area contributed by atoms with Gasteiger partial charge in [0.2, 0.25) is 0 Å². The van der Waals surface area contributed by atoms with E-state index in [0.29, 0.717) is 13.1 Å². The Kier molecular flexibility index (Phi) is 3.23. The Hall–Kier alpha value is -1.69. The van der Waals surface area contributed by atoms with Gasteiger partial charge in [-0.05, 0) is 19.9 Å². The standard InChI is InChI=1S/C11H15N3O3/c1-7-5-14(6-8(2)17-7)11(16)9-3-4-10(15)13-12-9/h3-4,7-8H,5-6H2,1-2H3,(H,13,15)/t7-,8+. The van der Waals surface area contributed by atoms with Gasteiger partial charge in [-0.2, -0.15) is 5.10 Å². The van der Waals surface area contributed by atoms with E-state index in [1.54, 1.807) is 4.90 Å². The molecule has 92 valence electrons. The molecule has 1 aliphatic heterocycles. The number of amides is 1. The van der Waals surface area contributed by atoms with Gasteiger partial charge in [0, 0.05) is 19.2 Å². The lowest BCUT2D eigenvalue weighted by Gasteiger charge is -2.35. The Morgan fingerprint density at radius 3 is 2.59 bits per heavy atom. The predicted octanol–water partition coefficient (Wildman–Crippen LogP) is 0.0193. The summed E-state index contributed by atoms with van der Waals surface area (Å²) in [5.74, 6) is -0.178. The number of carbonyl (C=O) groups is 1. The van der Waals surface area contributed by atoms with Crippen molar-refractivity contribution >= 4 is 5.91 Å². The van der Waals surface area contributed by atoms with Crippen LogP contribution >= 0.6 is 0 Å². The average Bonchev–Trinajstić information content (AvgIpc) is 2.28. The second-order valence-electron chi connectivity index (χ2n) is 4.27. The van der Waals surface area contributed by atoms with E-state index in [0.717, 1.165) is 0 Å². The maximum absolute atomic E-state index is 12.1. The number of hydrogen-bond acceptors (Lipinski definition) is 4. The van der Waals surface area contributed by atoms with Gasteiger partial charge in [0.05, 0.1) is 12.2 Å². The van der Waals surface area contributed by atoms with Crippen LogP contribution in [-0.2, 0) is 4.74 Å². The topological polar surface area (TPSA) is 75.3 Å². The molecular weight excluding hydrogens is 222 g/mol. The second-order valence-corrected chi connectivity index (χ2v) is 4.27. The molecule has 1 aliphatic rings. The van der Waals surface area contributed by atoms with Crippen molar-refractivity contribution in [3.8, 4) is 0 Å². The Morgan fingerprint density at radius 2 is 2.06 bits per heavy atom. The molecule has 6 heteroatoms. The molecule has 1 fully saturated rings. The summed E-state index contributed by atoms with van der Waals surface area (Å²) in [4.78, 5) is 24.6. The van der Waals surface area contributed by atoms with Crippen molar-refractivity contribution in [1.29, 1.82) is 0 Å². The highest BCUT2D eigenvalue weighted by Crippen LogP contribution is 2.12. The Labute approximate surface area is 98.6 Å². The first-order valence-electron chi connectivity index (χ1n) is 5.56.